The molecule has 0 spiro atoms. The number of ether oxygens (including phenoxy) is 1. The average molecular weight is 360 g/mol. The number of esters is 1. The predicted molar refractivity (Wildman–Crippen MR) is 99.8 cm³/mol. The number of nitrogens with zero attached hydrogens (tertiary/aromatic N) is 2. The van der Waals surface area contributed by atoms with E-state index in [4.69, 9.17) is 4.74 Å². The molecule has 1 aromatic rings. The Kier molecular flexibility index (Phi) is 6.40. The van der Waals surface area contributed by atoms with Crippen molar-refractivity contribution in [2.24, 2.45) is 11.8 Å². The molecule has 1 fully saturated rings. The highest BCUT2D eigenvalue weighted by Crippen LogP contribution is 2.30. The summed E-state index contributed by atoms with van der Waals surface area (Å²) in [6.07, 6.45) is 0.204. The van der Waals surface area contributed by atoms with Gasteiger partial charge in [0.1, 0.15) is 0 Å². The maximum Gasteiger partial charge on any atom is 0.310 e. The molecule has 1 aliphatic rings. The van der Waals surface area contributed by atoms with Crippen LogP contribution in [0.1, 0.15) is 31.4 Å². The van der Waals surface area contributed by atoms with Crippen LogP contribution < -0.4 is 4.90 Å². The summed E-state index contributed by atoms with van der Waals surface area (Å²) in [5.74, 6) is -1.22. The fraction of sp³-hybridized carbons (Fsp3) is 0.550. The number of benzene rings is 1. The van der Waals surface area contributed by atoms with Gasteiger partial charge in [-0.2, -0.15) is 0 Å². The summed E-state index contributed by atoms with van der Waals surface area (Å²) >= 11 is 0. The molecule has 0 N–H and O–H groups in total. The van der Waals surface area contributed by atoms with Gasteiger partial charge in [0.05, 0.1) is 18.9 Å². The molecule has 0 aromatic heterocycles. The van der Waals surface area contributed by atoms with Crippen LogP contribution in [0.3, 0.4) is 0 Å². The first-order chi connectivity index (χ1) is 12.3. The van der Waals surface area contributed by atoms with Crippen molar-refractivity contribution in [2.75, 3.05) is 31.6 Å². The van der Waals surface area contributed by atoms with Gasteiger partial charge in [-0.1, -0.05) is 19.1 Å². The van der Waals surface area contributed by atoms with Crippen molar-refractivity contribution >= 4 is 23.5 Å². The van der Waals surface area contributed by atoms with Gasteiger partial charge < -0.3 is 14.5 Å². The number of hydrogen-bond acceptors (Lipinski definition) is 4. The van der Waals surface area contributed by atoms with Gasteiger partial charge in [-0.3, -0.25) is 14.4 Å². The van der Waals surface area contributed by atoms with Gasteiger partial charge in [0.25, 0.3) is 0 Å². The highest BCUT2D eigenvalue weighted by atomic mass is 16.5. The topological polar surface area (TPSA) is 66.9 Å². The quantitative estimate of drug-likeness (QED) is 0.730. The Bertz CT molecular complexity index is 701. The smallest absolute Gasteiger partial charge is 0.310 e. The molecule has 2 atom stereocenters. The minimum absolute atomic E-state index is 0.0332. The van der Waals surface area contributed by atoms with Crippen molar-refractivity contribution in [2.45, 2.75) is 34.1 Å². The van der Waals surface area contributed by atoms with E-state index in [0.29, 0.717) is 19.6 Å². The molecule has 6 nitrogen and oxygen atoms in total. The van der Waals surface area contributed by atoms with E-state index in [1.54, 1.807) is 16.7 Å². The lowest BCUT2D eigenvalue weighted by Crippen LogP contribution is -2.41. The highest BCUT2D eigenvalue weighted by Gasteiger charge is 2.38. The van der Waals surface area contributed by atoms with Crippen LogP contribution in [0.5, 0.6) is 0 Å². The van der Waals surface area contributed by atoms with Gasteiger partial charge in [-0.15, -0.1) is 0 Å². The van der Waals surface area contributed by atoms with Crippen LogP contribution >= 0.6 is 0 Å². The fourth-order valence-corrected chi connectivity index (χ4v) is 3.37. The lowest BCUT2D eigenvalue weighted by atomic mass is 10.1. The molecular weight excluding hydrogens is 332 g/mol. The molecule has 1 saturated heterocycles. The van der Waals surface area contributed by atoms with Crippen LogP contribution in [0.2, 0.25) is 0 Å². The van der Waals surface area contributed by atoms with Crippen LogP contribution in [0, 0.1) is 25.7 Å². The molecule has 1 aliphatic heterocycles. The van der Waals surface area contributed by atoms with E-state index in [9.17, 15) is 14.4 Å². The minimum Gasteiger partial charge on any atom is -0.469 e. The zero-order chi connectivity index (χ0) is 19.4. The Balaban J connectivity index is 2.12. The second-order valence-electron chi connectivity index (χ2n) is 6.93. The monoisotopic (exact) mass is 360 g/mol. The van der Waals surface area contributed by atoms with Crippen LogP contribution in [0.25, 0.3) is 0 Å². The van der Waals surface area contributed by atoms with Crippen molar-refractivity contribution in [3.8, 4) is 0 Å². The van der Waals surface area contributed by atoms with Gasteiger partial charge in [-0.05, 0) is 38.0 Å². The Hall–Kier alpha value is -2.37. The van der Waals surface area contributed by atoms with Gasteiger partial charge >= 0.3 is 5.97 Å². The fourth-order valence-electron chi connectivity index (χ4n) is 3.37. The van der Waals surface area contributed by atoms with Gasteiger partial charge in [-0.25, -0.2) is 0 Å². The lowest BCUT2D eigenvalue weighted by molar-refractivity contribution is -0.147. The summed E-state index contributed by atoms with van der Waals surface area (Å²) in [4.78, 5) is 40.4. The number of anilines is 1. The van der Waals surface area contributed by atoms with E-state index in [1.165, 1.54) is 7.11 Å². The standard InChI is InChI=1S/C20H28N2O4/c1-6-21(11-14(3)20(25)26-5)19(24)16-10-18(23)22(12-16)17-9-7-8-13(2)15(17)4/h7-9,14,16H,6,10-12H2,1-5H3. The molecular formula is C20H28N2O4. The summed E-state index contributed by atoms with van der Waals surface area (Å²) in [7, 11) is 1.34. The minimum atomic E-state index is -0.392. The van der Waals surface area contributed by atoms with E-state index in [1.807, 2.05) is 39.0 Å². The molecule has 142 valence electrons. The Labute approximate surface area is 155 Å². The Morgan fingerprint density at radius 3 is 2.65 bits per heavy atom. The van der Waals surface area contributed by atoms with Crippen molar-refractivity contribution in [1.29, 1.82) is 0 Å². The van der Waals surface area contributed by atoms with E-state index >= 15 is 0 Å². The molecule has 0 radical (unpaired) electrons. The van der Waals surface area contributed by atoms with E-state index in [-0.39, 0.29) is 30.1 Å². The van der Waals surface area contributed by atoms with Crippen LogP contribution in [0.15, 0.2) is 18.2 Å². The first kappa shape index (κ1) is 19.9. The molecule has 2 rings (SSSR count). The Morgan fingerprint density at radius 1 is 1.35 bits per heavy atom. The largest absolute Gasteiger partial charge is 0.469 e. The molecule has 26 heavy (non-hydrogen) atoms. The van der Waals surface area contributed by atoms with E-state index in [0.717, 1.165) is 16.8 Å². The third-order valence-corrected chi connectivity index (χ3v) is 5.13. The second kappa shape index (κ2) is 8.34. The van der Waals surface area contributed by atoms with Gasteiger partial charge in [0.2, 0.25) is 11.8 Å². The average Bonchev–Trinajstić information content (AvgIpc) is 3.02. The molecule has 0 bridgehead atoms. The number of rotatable bonds is 6. The lowest BCUT2D eigenvalue weighted by Gasteiger charge is -2.26. The van der Waals surface area contributed by atoms with E-state index in [2.05, 4.69) is 0 Å². The third-order valence-electron chi connectivity index (χ3n) is 5.13. The molecule has 0 aliphatic carbocycles. The third kappa shape index (κ3) is 4.06. The zero-order valence-electron chi connectivity index (χ0n) is 16.2. The molecule has 6 heteroatoms. The summed E-state index contributed by atoms with van der Waals surface area (Å²) in [5.41, 5.74) is 3.05. The molecule has 2 unspecified atom stereocenters. The maximum atomic E-state index is 12.9. The maximum absolute atomic E-state index is 12.9. The second-order valence-corrected chi connectivity index (χ2v) is 6.93. The van der Waals surface area contributed by atoms with Crippen molar-refractivity contribution in [3.63, 3.8) is 0 Å². The Morgan fingerprint density at radius 2 is 2.04 bits per heavy atom. The SMILES string of the molecule is CCN(CC(C)C(=O)OC)C(=O)C1CC(=O)N(c2cccc(C)c2C)C1. The zero-order valence-corrected chi connectivity index (χ0v) is 16.2. The number of methoxy groups -OCH3 is 1. The first-order valence-corrected chi connectivity index (χ1v) is 9.03. The van der Waals surface area contributed by atoms with Gasteiger partial charge in [0, 0.05) is 31.7 Å². The number of amides is 2. The normalized spacial score (nSPS) is 18.0. The predicted octanol–water partition coefficient (Wildman–Crippen LogP) is 2.31. The number of carbonyl (C=O) groups excluding carboxylic acids is 3. The van der Waals surface area contributed by atoms with Crippen LogP contribution in [-0.4, -0.2) is 49.4 Å². The summed E-state index contributed by atoms with van der Waals surface area (Å²) in [6.45, 7) is 8.79. The number of aryl methyl sites for hydroxylation is 1. The van der Waals surface area contributed by atoms with Crippen molar-refractivity contribution in [1.82, 2.24) is 4.90 Å². The van der Waals surface area contributed by atoms with Crippen molar-refractivity contribution in [3.05, 3.63) is 29.3 Å². The van der Waals surface area contributed by atoms with Crippen LogP contribution in [0.4, 0.5) is 5.69 Å². The molecule has 0 saturated carbocycles. The first-order valence-electron chi connectivity index (χ1n) is 9.03. The highest BCUT2D eigenvalue weighted by molar-refractivity contribution is 6.01. The van der Waals surface area contributed by atoms with Crippen LogP contribution in [-0.2, 0) is 19.1 Å². The molecule has 2 amide bonds. The van der Waals surface area contributed by atoms with Crippen molar-refractivity contribution < 1.29 is 19.1 Å². The van der Waals surface area contributed by atoms with E-state index < -0.39 is 5.92 Å². The number of hydrogen-bond donors (Lipinski definition) is 0. The molecule has 1 aromatic carbocycles. The van der Waals surface area contributed by atoms with Gasteiger partial charge in [0.15, 0.2) is 0 Å². The number of carbonyl (C=O) groups is 3. The summed E-state index contributed by atoms with van der Waals surface area (Å²) in [5, 5.41) is 0. The molecule has 1 heterocycles. The summed E-state index contributed by atoms with van der Waals surface area (Å²) < 4.78 is 4.74. The summed E-state index contributed by atoms with van der Waals surface area (Å²) in [6, 6.07) is 5.86.